The van der Waals surface area contributed by atoms with E-state index in [4.69, 9.17) is 11.6 Å². The zero-order valence-corrected chi connectivity index (χ0v) is 16.3. The highest BCUT2D eigenvalue weighted by molar-refractivity contribution is 6.34. The van der Waals surface area contributed by atoms with E-state index < -0.39 is 0 Å². The van der Waals surface area contributed by atoms with E-state index in [-0.39, 0.29) is 11.8 Å². The first kappa shape index (κ1) is 19.2. The molecule has 26 heavy (non-hydrogen) atoms. The van der Waals surface area contributed by atoms with Crippen LogP contribution < -0.4 is 10.6 Å². The molecule has 3 rings (SSSR count). The first-order valence-corrected chi connectivity index (χ1v) is 10.0. The Kier molecular flexibility index (Phi) is 6.20. The summed E-state index contributed by atoms with van der Waals surface area (Å²) in [5.41, 5.74) is 1.12. The lowest BCUT2D eigenvalue weighted by Gasteiger charge is -2.28. The van der Waals surface area contributed by atoms with Crippen molar-refractivity contribution < 1.29 is 9.59 Å². The number of hydrogen-bond acceptors (Lipinski definition) is 3. The van der Waals surface area contributed by atoms with Gasteiger partial charge in [-0.3, -0.25) is 9.59 Å². The van der Waals surface area contributed by atoms with Crippen LogP contribution in [-0.2, 0) is 4.79 Å². The molecule has 2 aliphatic rings. The van der Waals surface area contributed by atoms with Crippen LogP contribution in [0.25, 0.3) is 0 Å². The Bertz CT molecular complexity index is 663. The summed E-state index contributed by atoms with van der Waals surface area (Å²) in [6.45, 7) is 5.17. The number of amides is 2. The predicted octanol–water partition coefficient (Wildman–Crippen LogP) is 3.68. The van der Waals surface area contributed by atoms with E-state index >= 15 is 0 Å². The molecule has 1 aromatic carbocycles. The van der Waals surface area contributed by atoms with Crippen LogP contribution in [0.15, 0.2) is 18.2 Å². The third-order valence-corrected chi connectivity index (χ3v) is 5.89. The van der Waals surface area contributed by atoms with Crippen molar-refractivity contribution in [3.05, 3.63) is 28.8 Å². The van der Waals surface area contributed by atoms with Gasteiger partial charge >= 0.3 is 0 Å². The largest absolute Gasteiger partial charge is 0.339 e. The number of piperidine rings is 1. The van der Waals surface area contributed by atoms with Gasteiger partial charge < -0.3 is 15.5 Å². The maximum absolute atomic E-state index is 12.4. The molecule has 0 radical (unpaired) electrons. The highest BCUT2D eigenvalue weighted by atomic mass is 35.5. The van der Waals surface area contributed by atoms with E-state index in [0.29, 0.717) is 53.8 Å². The van der Waals surface area contributed by atoms with Gasteiger partial charge in [-0.1, -0.05) is 11.6 Å². The van der Waals surface area contributed by atoms with Crippen molar-refractivity contribution in [2.24, 2.45) is 5.92 Å². The minimum Gasteiger partial charge on any atom is -0.339 e. The SMILES string of the molecule is CCN(CC)C(=O)c1ccc(NC(=O)CC2CC3CCC(C2)N3)cc1Cl. The summed E-state index contributed by atoms with van der Waals surface area (Å²) < 4.78 is 0. The number of rotatable bonds is 6. The van der Waals surface area contributed by atoms with Gasteiger partial charge in [0.05, 0.1) is 10.6 Å². The van der Waals surface area contributed by atoms with Crippen molar-refractivity contribution in [3.8, 4) is 0 Å². The summed E-state index contributed by atoms with van der Waals surface area (Å²) in [5.74, 6) is 0.394. The quantitative estimate of drug-likeness (QED) is 0.794. The number of anilines is 1. The van der Waals surface area contributed by atoms with Crippen LogP contribution in [0.1, 0.15) is 56.3 Å². The van der Waals surface area contributed by atoms with Gasteiger partial charge in [0.25, 0.3) is 5.91 Å². The number of carbonyl (C=O) groups excluding carboxylic acids is 2. The molecule has 2 fully saturated rings. The van der Waals surface area contributed by atoms with Crippen LogP contribution in [0, 0.1) is 5.92 Å². The van der Waals surface area contributed by atoms with Crippen LogP contribution in [0.3, 0.4) is 0 Å². The van der Waals surface area contributed by atoms with Crippen molar-refractivity contribution in [1.29, 1.82) is 0 Å². The monoisotopic (exact) mass is 377 g/mol. The van der Waals surface area contributed by atoms with Crippen molar-refractivity contribution >= 4 is 29.1 Å². The third kappa shape index (κ3) is 4.38. The standard InChI is InChI=1S/C20H28ClN3O2/c1-3-24(4-2)20(26)17-8-7-16(12-18(17)21)23-19(25)11-13-9-14-5-6-15(10-13)22-14/h7-8,12-15,22H,3-6,9-11H2,1-2H3,(H,23,25). The summed E-state index contributed by atoms with van der Waals surface area (Å²) >= 11 is 6.30. The van der Waals surface area contributed by atoms with Crippen molar-refractivity contribution in [3.63, 3.8) is 0 Å². The number of nitrogens with zero attached hydrogens (tertiary/aromatic N) is 1. The Morgan fingerprint density at radius 2 is 1.85 bits per heavy atom. The number of halogens is 1. The Morgan fingerprint density at radius 1 is 1.19 bits per heavy atom. The van der Waals surface area contributed by atoms with Crippen LogP contribution in [-0.4, -0.2) is 41.9 Å². The lowest BCUT2D eigenvalue weighted by molar-refractivity contribution is -0.117. The maximum Gasteiger partial charge on any atom is 0.255 e. The predicted molar refractivity (Wildman–Crippen MR) is 105 cm³/mol. The number of benzene rings is 1. The number of carbonyl (C=O) groups is 2. The zero-order chi connectivity index (χ0) is 18.7. The fraction of sp³-hybridized carbons (Fsp3) is 0.600. The van der Waals surface area contributed by atoms with Gasteiger partial charge in [0, 0.05) is 37.3 Å². The molecule has 0 spiro atoms. The van der Waals surface area contributed by atoms with E-state index in [1.165, 1.54) is 12.8 Å². The Labute approximate surface area is 160 Å². The maximum atomic E-state index is 12.4. The second-order valence-electron chi connectivity index (χ2n) is 7.40. The fourth-order valence-electron chi connectivity index (χ4n) is 4.26. The van der Waals surface area contributed by atoms with Crippen LogP contribution in [0.2, 0.25) is 5.02 Å². The molecule has 2 amide bonds. The van der Waals surface area contributed by atoms with Crippen LogP contribution >= 0.6 is 11.6 Å². The molecule has 2 bridgehead atoms. The number of fused-ring (bicyclic) bond motifs is 2. The second kappa shape index (κ2) is 8.40. The summed E-state index contributed by atoms with van der Waals surface area (Å²) in [5, 5.41) is 6.91. The van der Waals surface area contributed by atoms with Gasteiger partial charge in [0.1, 0.15) is 0 Å². The molecular weight excluding hydrogens is 350 g/mol. The zero-order valence-electron chi connectivity index (χ0n) is 15.6. The van der Waals surface area contributed by atoms with Crippen molar-refractivity contribution in [2.45, 2.75) is 58.0 Å². The molecule has 2 unspecified atom stereocenters. The minimum atomic E-state index is -0.0805. The van der Waals surface area contributed by atoms with E-state index in [2.05, 4.69) is 10.6 Å². The Hall–Kier alpha value is -1.59. The van der Waals surface area contributed by atoms with E-state index in [9.17, 15) is 9.59 Å². The molecule has 2 N–H and O–H groups in total. The molecule has 6 heteroatoms. The summed E-state index contributed by atoms with van der Waals surface area (Å²) in [4.78, 5) is 26.6. The molecule has 2 heterocycles. The van der Waals surface area contributed by atoms with Crippen molar-refractivity contribution in [1.82, 2.24) is 10.2 Å². The first-order chi connectivity index (χ1) is 12.5. The molecular formula is C20H28ClN3O2. The van der Waals surface area contributed by atoms with Gasteiger partial charge in [-0.05, 0) is 63.6 Å². The lowest BCUT2D eigenvalue weighted by Crippen LogP contribution is -2.39. The Balaban J connectivity index is 1.58. The molecule has 0 aromatic heterocycles. The molecule has 0 saturated carbocycles. The van der Waals surface area contributed by atoms with E-state index in [1.54, 1.807) is 23.1 Å². The van der Waals surface area contributed by atoms with Crippen molar-refractivity contribution in [2.75, 3.05) is 18.4 Å². The minimum absolute atomic E-state index is 0.0233. The molecule has 5 nitrogen and oxygen atoms in total. The average molecular weight is 378 g/mol. The van der Waals surface area contributed by atoms with E-state index in [0.717, 1.165) is 12.8 Å². The summed E-state index contributed by atoms with van der Waals surface area (Å²) in [6, 6.07) is 6.30. The topological polar surface area (TPSA) is 61.4 Å². The number of nitrogens with one attached hydrogen (secondary N) is 2. The van der Waals surface area contributed by atoms with Gasteiger partial charge in [-0.15, -0.1) is 0 Å². The van der Waals surface area contributed by atoms with Gasteiger partial charge in [-0.2, -0.15) is 0 Å². The molecule has 2 saturated heterocycles. The third-order valence-electron chi connectivity index (χ3n) is 5.58. The molecule has 1 aromatic rings. The Morgan fingerprint density at radius 3 is 2.42 bits per heavy atom. The van der Waals surface area contributed by atoms with Gasteiger partial charge in [0.2, 0.25) is 5.91 Å². The highest BCUT2D eigenvalue weighted by Crippen LogP contribution is 2.33. The normalized spacial score (nSPS) is 24.3. The smallest absolute Gasteiger partial charge is 0.255 e. The number of hydrogen-bond donors (Lipinski definition) is 2. The highest BCUT2D eigenvalue weighted by Gasteiger charge is 2.34. The van der Waals surface area contributed by atoms with Gasteiger partial charge in [-0.25, -0.2) is 0 Å². The molecule has 2 atom stereocenters. The van der Waals surface area contributed by atoms with E-state index in [1.807, 2.05) is 13.8 Å². The molecule has 0 aliphatic carbocycles. The van der Waals surface area contributed by atoms with Crippen LogP contribution in [0.5, 0.6) is 0 Å². The molecule has 2 aliphatic heterocycles. The van der Waals surface area contributed by atoms with Crippen LogP contribution in [0.4, 0.5) is 5.69 Å². The van der Waals surface area contributed by atoms with Gasteiger partial charge in [0.15, 0.2) is 0 Å². The second-order valence-corrected chi connectivity index (χ2v) is 7.81. The fourth-order valence-corrected chi connectivity index (χ4v) is 4.52. The summed E-state index contributed by atoms with van der Waals surface area (Å²) in [7, 11) is 0. The lowest BCUT2D eigenvalue weighted by atomic mass is 9.89. The average Bonchev–Trinajstić information content (AvgIpc) is 2.94. The summed E-state index contributed by atoms with van der Waals surface area (Å²) in [6.07, 6.45) is 5.19. The first-order valence-electron chi connectivity index (χ1n) is 9.64. The molecule has 142 valence electrons.